The highest BCUT2D eigenvalue weighted by molar-refractivity contribution is 6.03. The van der Waals surface area contributed by atoms with Crippen LogP contribution in [-0.4, -0.2) is 24.9 Å². The van der Waals surface area contributed by atoms with Crippen LogP contribution in [-0.2, 0) is 0 Å². The summed E-state index contributed by atoms with van der Waals surface area (Å²) in [6.45, 7) is 0. The first kappa shape index (κ1) is 38.3. The molecule has 9 aromatic carbocycles. The predicted molar refractivity (Wildman–Crippen MR) is 262 cm³/mol. The van der Waals surface area contributed by atoms with E-state index in [0.717, 1.165) is 88.9 Å². The minimum Gasteiger partial charge on any atom is -0.228 e. The van der Waals surface area contributed by atoms with Crippen molar-refractivity contribution in [1.82, 2.24) is 24.9 Å². The summed E-state index contributed by atoms with van der Waals surface area (Å²) in [6.07, 6.45) is 0. The largest absolute Gasteiger partial charge is 0.228 e. The van der Waals surface area contributed by atoms with Gasteiger partial charge in [-0.25, -0.2) is 24.9 Å². The van der Waals surface area contributed by atoms with Crippen LogP contribution < -0.4 is 0 Å². The van der Waals surface area contributed by atoms with Gasteiger partial charge in [-0.05, 0) is 56.8 Å². The quantitative estimate of drug-likeness (QED) is 0.145. The maximum Gasteiger partial charge on any atom is 0.164 e. The molecule has 0 saturated heterocycles. The fraction of sp³-hybridized carbons (Fsp3) is 0. The Labute approximate surface area is 372 Å². The lowest BCUT2D eigenvalue weighted by Crippen LogP contribution is -2.01. The van der Waals surface area contributed by atoms with Gasteiger partial charge in [0.05, 0.1) is 11.4 Å². The maximum atomic E-state index is 5.17. The molecule has 11 rings (SSSR count). The lowest BCUT2D eigenvalue weighted by Gasteiger charge is -2.15. The third-order valence-electron chi connectivity index (χ3n) is 11.6. The molecule has 0 spiro atoms. The predicted octanol–water partition coefficient (Wildman–Crippen LogP) is 14.8. The molecular weight excluding hydrogens is 779 g/mol. The molecule has 300 valence electrons. The van der Waals surface area contributed by atoms with E-state index in [2.05, 4.69) is 140 Å². The Morgan fingerprint density at radius 2 is 0.688 bits per heavy atom. The van der Waals surface area contributed by atoms with Crippen LogP contribution in [0.5, 0.6) is 0 Å². The molecular formula is C59H39N5. The first-order valence-corrected chi connectivity index (χ1v) is 21.4. The smallest absolute Gasteiger partial charge is 0.164 e. The van der Waals surface area contributed by atoms with Crippen LogP contribution in [0, 0.1) is 0 Å². The molecule has 0 N–H and O–H groups in total. The average molecular weight is 818 g/mol. The summed E-state index contributed by atoms with van der Waals surface area (Å²) in [5.74, 6) is 2.58. The van der Waals surface area contributed by atoms with E-state index in [1.165, 1.54) is 0 Å². The zero-order valence-electron chi connectivity index (χ0n) is 34.8. The van der Waals surface area contributed by atoms with Gasteiger partial charge in [-0.3, -0.25) is 0 Å². The molecule has 0 bridgehead atoms. The minimum atomic E-state index is 0.624. The summed E-state index contributed by atoms with van der Waals surface area (Å²) in [6, 6.07) is 81.8. The Hall–Kier alpha value is -8.67. The monoisotopic (exact) mass is 817 g/mol. The van der Waals surface area contributed by atoms with E-state index in [1.807, 2.05) is 97.1 Å². The topological polar surface area (TPSA) is 64.5 Å². The van der Waals surface area contributed by atoms with Crippen molar-refractivity contribution in [3.63, 3.8) is 0 Å². The molecule has 0 unspecified atom stereocenters. The highest BCUT2D eigenvalue weighted by atomic mass is 15.0. The van der Waals surface area contributed by atoms with Gasteiger partial charge in [0.1, 0.15) is 0 Å². The van der Waals surface area contributed by atoms with E-state index >= 15 is 0 Å². The first-order valence-electron chi connectivity index (χ1n) is 21.4. The molecule has 2 heterocycles. The van der Waals surface area contributed by atoms with Gasteiger partial charge in [0.15, 0.2) is 23.3 Å². The van der Waals surface area contributed by atoms with E-state index in [0.29, 0.717) is 23.3 Å². The number of hydrogen-bond donors (Lipinski definition) is 0. The van der Waals surface area contributed by atoms with Crippen LogP contribution in [0.3, 0.4) is 0 Å². The van der Waals surface area contributed by atoms with Gasteiger partial charge in [-0.15, -0.1) is 0 Å². The average Bonchev–Trinajstić information content (AvgIpc) is 3.39. The Bertz CT molecular complexity index is 3290. The van der Waals surface area contributed by atoms with Gasteiger partial charge in [0, 0.05) is 38.9 Å². The van der Waals surface area contributed by atoms with Crippen molar-refractivity contribution in [3.8, 4) is 101 Å². The van der Waals surface area contributed by atoms with Crippen molar-refractivity contribution in [2.75, 3.05) is 0 Å². The lowest BCUT2D eigenvalue weighted by molar-refractivity contribution is 1.07. The van der Waals surface area contributed by atoms with Crippen LogP contribution >= 0.6 is 0 Å². The van der Waals surface area contributed by atoms with Gasteiger partial charge in [0.2, 0.25) is 0 Å². The zero-order valence-corrected chi connectivity index (χ0v) is 34.8. The highest BCUT2D eigenvalue weighted by Gasteiger charge is 2.19. The fourth-order valence-corrected chi connectivity index (χ4v) is 8.41. The van der Waals surface area contributed by atoms with Crippen LogP contribution in [0.4, 0.5) is 0 Å². The van der Waals surface area contributed by atoms with Gasteiger partial charge in [0.25, 0.3) is 0 Å². The standard InChI is InChI=1S/C59H39N5/c1-5-19-42(20-6-1)53-39-54(61-56(60-53)44-21-7-2-8-22-44)51-31-16-15-29-49(51)48-28-17-27-47(38-48)40-32-34-43(35-33-40)55-50-30-14-13-18-41(50)36-37-52(55)59-63-57(45-23-9-3-10-24-45)62-58(64-59)46-25-11-4-12-26-46/h1-39H. The second-order valence-electron chi connectivity index (χ2n) is 15.6. The van der Waals surface area contributed by atoms with Crippen molar-refractivity contribution in [3.05, 3.63) is 237 Å². The Balaban J connectivity index is 0.991. The summed E-state index contributed by atoms with van der Waals surface area (Å²) in [5, 5.41) is 2.28. The van der Waals surface area contributed by atoms with E-state index in [9.17, 15) is 0 Å². The fourth-order valence-electron chi connectivity index (χ4n) is 8.41. The molecule has 11 aromatic rings. The van der Waals surface area contributed by atoms with E-state index in [-0.39, 0.29) is 0 Å². The number of rotatable bonds is 9. The molecule has 5 nitrogen and oxygen atoms in total. The molecule has 5 heteroatoms. The second-order valence-corrected chi connectivity index (χ2v) is 15.6. The van der Waals surface area contributed by atoms with Crippen LogP contribution in [0.1, 0.15) is 0 Å². The maximum absolute atomic E-state index is 5.17. The number of benzene rings is 9. The minimum absolute atomic E-state index is 0.624. The van der Waals surface area contributed by atoms with Crippen molar-refractivity contribution >= 4 is 10.8 Å². The van der Waals surface area contributed by atoms with Crippen molar-refractivity contribution in [2.45, 2.75) is 0 Å². The number of nitrogens with zero attached hydrogens (tertiary/aromatic N) is 5. The highest BCUT2D eigenvalue weighted by Crippen LogP contribution is 2.40. The van der Waals surface area contributed by atoms with E-state index in [4.69, 9.17) is 24.9 Å². The normalized spacial score (nSPS) is 11.1. The summed E-state index contributed by atoms with van der Waals surface area (Å²) < 4.78 is 0. The molecule has 0 radical (unpaired) electrons. The van der Waals surface area contributed by atoms with Crippen molar-refractivity contribution in [1.29, 1.82) is 0 Å². The summed E-state index contributed by atoms with van der Waals surface area (Å²) >= 11 is 0. The molecule has 0 aliphatic heterocycles. The molecule has 0 atom stereocenters. The second kappa shape index (κ2) is 17.0. The van der Waals surface area contributed by atoms with E-state index in [1.54, 1.807) is 0 Å². The number of aromatic nitrogens is 5. The third-order valence-corrected chi connectivity index (χ3v) is 11.6. The third kappa shape index (κ3) is 7.63. The molecule has 2 aromatic heterocycles. The van der Waals surface area contributed by atoms with Gasteiger partial charge in [-0.1, -0.05) is 218 Å². The van der Waals surface area contributed by atoms with Gasteiger partial charge in [-0.2, -0.15) is 0 Å². The molecule has 0 aliphatic carbocycles. The lowest BCUT2D eigenvalue weighted by atomic mass is 9.91. The Morgan fingerprint density at radius 1 is 0.219 bits per heavy atom. The summed E-state index contributed by atoms with van der Waals surface area (Å²) in [5.41, 5.74) is 14.2. The molecule has 0 saturated carbocycles. The molecule has 0 amide bonds. The zero-order chi connectivity index (χ0) is 42.7. The summed E-state index contributed by atoms with van der Waals surface area (Å²) in [4.78, 5) is 25.4. The Morgan fingerprint density at radius 3 is 1.33 bits per heavy atom. The van der Waals surface area contributed by atoms with Crippen molar-refractivity contribution < 1.29 is 0 Å². The van der Waals surface area contributed by atoms with Crippen molar-refractivity contribution in [2.24, 2.45) is 0 Å². The number of hydrogen-bond acceptors (Lipinski definition) is 5. The molecule has 64 heavy (non-hydrogen) atoms. The van der Waals surface area contributed by atoms with Crippen LogP contribution in [0.25, 0.3) is 112 Å². The summed E-state index contributed by atoms with van der Waals surface area (Å²) in [7, 11) is 0. The Kier molecular flexibility index (Phi) is 10.2. The molecule has 0 aliphatic rings. The first-order chi connectivity index (χ1) is 31.7. The van der Waals surface area contributed by atoms with Crippen LogP contribution in [0.2, 0.25) is 0 Å². The number of fused-ring (bicyclic) bond motifs is 1. The molecule has 0 fully saturated rings. The van der Waals surface area contributed by atoms with E-state index < -0.39 is 0 Å². The van der Waals surface area contributed by atoms with Gasteiger partial charge < -0.3 is 0 Å². The van der Waals surface area contributed by atoms with Crippen LogP contribution in [0.15, 0.2) is 237 Å². The van der Waals surface area contributed by atoms with Gasteiger partial charge >= 0.3 is 0 Å². The SMILES string of the molecule is c1ccc(-c2cc(-c3ccccc3-c3cccc(-c4ccc(-c5c(-c6nc(-c7ccccc7)nc(-c7ccccc7)n6)ccc6ccccc56)cc4)c3)nc(-c3ccccc3)n2)cc1.